The second-order valence-corrected chi connectivity index (χ2v) is 8.03. The van der Waals surface area contributed by atoms with Crippen LogP contribution in [0.5, 0.6) is 0 Å². The molecule has 0 spiro atoms. The van der Waals surface area contributed by atoms with Gasteiger partial charge in [0, 0.05) is 0 Å². The van der Waals surface area contributed by atoms with Gasteiger partial charge in [-0.1, -0.05) is 77.3 Å². The summed E-state index contributed by atoms with van der Waals surface area (Å²) in [4.78, 5) is 0. The minimum absolute atomic E-state index is 1.25. The van der Waals surface area contributed by atoms with E-state index >= 15 is 0 Å². The minimum Gasteiger partial charge on any atom is -0.0827 e. The van der Waals surface area contributed by atoms with Crippen molar-refractivity contribution in [2.24, 2.45) is 0 Å². The van der Waals surface area contributed by atoms with Crippen molar-refractivity contribution in [1.29, 1.82) is 0 Å². The van der Waals surface area contributed by atoms with Gasteiger partial charge in [-0.15, -0.1) is 0 Å². The summed E-state index contributed by atoms with van der Waals surface area (Å²) in [5.74, 6) is 0. The van der Waals surface area contributed by atoms with Gasteiger partial charge < -0.3 is 0 Å². The van der Waals surface area contributed by atoms with Crippen molar-refractivity contribution in [1.82, 2.24) is 0 Å². The van der Waals surface area contributed by atoms with Gasteiger partial charge >= 0.3 is 0 Å². The molecule has 142 valence electrons. The molecular formula is C28H27B. The fourth-order valence-corrected chi connectivity index (χ4v) is 4.30. The Balaban J connectivity index is 2.02. The molecule has 0 heterocycles. The SMILES string of the molecule is Bc1c(C)c(C)c(-c2cc(-c3ccccc3)cc(-c3ccccc3)c2)c(C)c1C. The summed E-state index contributed by atoms with van der Waals surface area (Å²) in [6, 6.07) is 28.4. The van der Waals surface area contributed by atoms with Crippen molar-refractivity contribution >= 4 is 13.3 Å². The molecule has 0 aromatic heterocycles. The highest BCUT2D eigenvalue weighted by Gasteiger charge is 2.15. The second kappa shape index (κ2) is 7.76. The lowest BCUT2D eigenvalue weighted by Crippen LogP contribution is -2.16. The molecule has 0 bridgehead atoms. The molecule has 1 heteroatoms. The smallest absolute Gasteiger partial charge is 0.0827 e. The van der Waals surface area contributed by atoms with E-state index in [0.717, 1.165) is 0 Å². The molecule has 4 aromatic carbocycles. The number of hydrogen-bond acceptors (Lipinski definition) is 0. The molecule has 0 atom stereocenters. The second-order valence-electron chi connectivity index (χ2n) is 8.03. The van der Waals surface area contributed by atoms with Crippen LogP contribution in [0, 0.1) is 27.7 Å². The van der Waals surface area contributed by atoms with E-state index in [4.69, 9.17) is 0 Å². The van der Waals surface area contributed by atoms with Crippen LogP contribution in [0.1, 0.15) is 22.3 Å². The van der Waals surface area contributed by atoms with E-state index in [2.05, 4.69) is 114 Å². The molecule has 0 aliphatic carbocycles. The van der Waals surface area contributed by atoms with E-state index in [1.165, 1.54) is 61.1 Å². The molecule has 4 rings (SSSR count). The molecule has 0 nitrogen and oxygen atoms in total. The predicted octanol–water partition coefficient (Wildman–Crippen LogP) is 6.18. The fourth-order valence-electron chi connectivity index (χ4n) is 4.30. The lowest BCUT2D eigenvalue weighted by Gasteiger charge is -2.20. The molecule has 0 aliphatic heterocycles. The normalized spacial score (nSPS) is 10.9. The van der Waals surface area contributed by atoms with Crippen molar-refractivity contribution in [3.63, 3.8) is 0 Å². The van der Waals surface area contributed by atoms with Gasteiger partial charge in [-0.2, -0.15) is 0 Å². The molecule has 0 amide bonds. The topological polar surface area (TPSA) is 0 Å². The van der Waals surface area contributed by atoms with Crippen LogP contribution in [-0.2, 0) is 0 Å². The standard InChI is InChI=1S/C28H27B/c1-18-20(3)28(29)21(4)19(2)27(18)26-16-24(22-11-7-5-8-12-22)15-25(17-26)23-13-9-6-10-14-23/h5-17H,29H2,1-4H3. The Morgan fingerprint density at radius 1 is 0.448 bits per heavy atom. The van der Waals surface area contributed by atoms with E-state index in [1.54, 1.807) is 0 Å². The monoisotopic (exact) mass is 374 g/mol. The minimum atomic E-state index is 1.25. The van der Waals surface area contributed by atoms with Gasteiger partial charge in [0.1, 0.15) is 7.85 Å². The first kappa shape index (κ1) is 19.3. The van der Waals surface area contributed by atoms with Crippen LogP contribution in [0.2, 0.25) is 0 Å². The molecule has 0 N–H and O–H groups in total. The third-order valence-corrected chi connectivity index (χ3v) is 6.44. The van der Waals surface area contributed by atoms with Crippen LogP contribution in [0.25, 0.3) is 33.4 Å². The van der Waals surface area contributed by atoms with Gasteiger partial charge in [0.25, 0.3) is 0 Å². The van der Waals surface area contributed by atoms with Gasteiger partial charge in [0.15, 0.2) is 0 Å². The summed E-state index contributed by atoms with van der Waals surface area (Å²) in [5.41, 5.74) is 14.7. The summed E-state index contributed by atoms with van der Waals surface area (Å²) < 4.78 is 0. The van der Waals surface area contributed by atoms with Crippen LogP contribution >= 0.6 is 0 Å². The van der Waals surface area contributed by atoms with Crippen LogP contribution in [-0.4, -0.2) is 7.85 Å². The molecule has 0 aliphatic rings. The largest absolute Gasteiger partial charge is 0.140 e. The van der Waals surface area contributed by atoms with Crippen molar-refractivity contribution in [3.8, 4) is 33.4 Å². The molecular weight excluding hydrogens is 347 g/mol. The summed E-state index contributed by atoms with van der Waals surface area (Å²) in [6.45, 7) is 9.03. The quantitative estimate of drug-likeness (QED) is 0.376. The Kier molecular flexibility index (Phi) is 5.15. The third kappa shape index (κ3) is 3.54. The molecule has 0 saturated heterocycles. The number of rotatable bonds is 3. The molecule has 0 unspecified atom stereocenters. The van der Waals surface area contributed by atoms with Gasteiger partial charge in [-0.05, 0) is 90.4 Å². The van der Waals surface area contributed by atoms with Crippen LogP contribution in [0.3, 0.4) is 0 Å². The first-order chi connectivity index (χ1) is 14.0. The average molecular weight is 374 g/mol. The van der Waals surface area contributed by atoms with Crippen molar-refractivity contribution in [2.45, 2.75) is 27.7 Å². The molecule has 0 fully saturated rings. The Morgan fingerprint density at radius 2 is 0.828 bits per heavy atom. The van der Waals surface area contributed by atoms with Crippen LogP contribution in [0.15, 0.2) is 78.9 Å². The molecule has 0 radical (unpaired) electrons. The lowest BCUT2D eigenvalue weighted by molar-refractivity contribution is 1.27. The number of hydrogen-bond donors (Lipinski definition) is 0. The van der Waals surface area contributed by atoms with E-state index < -0.39 is 0 Å². The highest BCUT2D eigenvalue weighted by Crippen LogP contribution is 2.36. The molecule has 29 heavy (non-hydrogen) atoms. The van der Waals surface area contributed by atoms with Crippen molar-refractivity contribution in [2.75, 3.05) is 0 Å². The lowest BCUT2D eigenvalue weighted by atomic mass is 9.78. The van der Waals surface area contributed by atoms with E-state index in [-0.39, 0.29) is 0 Å². The van der Waals surface area contributed by atoms with E-state index in [1.807, 2.05) is 0 Å². The first-order valence-electron chi connectivity index (χ1n) is 10.3. The van der Waals surface area contributed by atoms with Crippen molar-refractivity contribution in [3.05, 3.63) is 101 Å². The van der Waals surface area contributed by atoms with Crippen LogP contribution in [0.4, 0.5) is 0 Å². The van der Waals surface area contributed by atoms with Gasteiger partial charge in [-0.25, -0.2) is 0 Å². The van der Waals surface area contributed by atoms with Gasteiger partial charge in [0.05, 0.1) is 0 Å². The highest BCUT2D eigenvalue weighted by molar-refractivity contribution is 6.34. The van der Waals surface area contributed by atoms with Gasteiger partial charge in [0.2, 0.25) is 0 Å². The van der Waals surface area contributed by atoms with Crippen molar-refractivity contribution < 1.29 is 0 Å². The summed E-state index contributed by atoms with van der Waals surface area (Å²) in [6.07, 6.45) is 0. The molecule has 4 aromatic rings. The maximum absolute atomic E-state index is 2.35. The Labute approximate surface area is 175 Å². The summed E-state index contributed by atoms with van der Waals surface area (Å²) in [5, 5.41) is 0. The Hall–Kier alpha value is -3.06. The van der Waals surface area contributed by atoms with Gasteiger partial charge in [-0.3, -0.25) is 0 Å². The Morgan fingerprint density at radius 3 is 1.24 bits per heavy atom. The van der Waals surface area contributed by atoms with E-state index in [9.17, 15) is 0 Å². The average Bonchev–Trinajstić information content (AvgIpc) is 2.77. The summed E-state index contributed by atoms with van der Waals surface area (Å²) >= 11 is 0. The zero-order chi connectivity index (χ0) is 20.5. The first-order valence-corrected chi connectivity index (χ1v) is 10.3. The summed E-state index contributed by atoms with van der Waals surface area (Å²) in [7, 11) is 2.24. The van der Waals surface area contributed by atoms with E-state index in [0.29, 0.717) is 0 Å². The maximum atomic E-state index is 2.35. The zero-order valence-corrected chi connectivity index (χ0v) is 18.0. The third-order valence-electron chi connectivity index (χ3n) is 6.44. The maximum Gasteiger partial charge on any atom is 0.140 e. The highest BCUT2D eigenvalue weighted by atomic mass is 14.2. The fraction of sp³-hybridized carbons (Fsp3) is 0.143. The molecule has 0 saturated carbocycles. The predicted molar refractivity (Wildman–Crippen MR) is 130 cm³/mol. The Bertz CT molecular complexity index is 1090. The van der Waals surface area contributed by atoms with Crippen LogP contribution < -0.4 is 5.46 Å². The zero-order valence-electron chi connectivity index (χ0n) is 18.0. The number of benzene rings is 4.